The molecule has 8 heteroatoms. The summed E-state index contributed by atoms with van der Waals surface area (Å²) in [6, 6.07) is 8.46. The highest BCUT2D eigenvalue weighted by Crippen LogP contribution is 2.29. The molecule has 0 saturated carbocycles. The minimum atomic E-state index is -4.45. The van der Waals surface area contributed by atoms with Gasteiger partial charge in [-0.25, -0.2) is 9.78 Å². The van der Waals surface area contributed by atoms with Gasteiger partial charge >= 0.3 is 12.1 Å². The van der Waals surface area contributed by atoms with Crippen LogP contribution in [0.15, 0.2) is 42.5 Å². The summed E-state index contributed by atoms with van der Waals surface area (Å²) in [5.41, 5.74) is -1.02. The van der Waals surface area contributed by atoms with E-state index in [4.69, 9.17) is 5.11 Å². The molecule has 0 radical (unpaired) electrons. The predicted molar refractivity (Wildman–Crippen MR) is 81.9 cm³/mol. The molecule has 0 atom stereocenters. The van der Waals surface area contributed by atoms with E-state index >= 15 is 0 Å². The molecular formula is C17H11F3N2O3. The Labute approximate surface area is 140 Å². The van der Waals surface area contributed by atoms with Gasteiger partial charge in [-0.1, -0.05) is 24.0 Å². The molecule has 5 nitrogen and oxygen atoms in total. The molecule has 0 unspecified atom stereocenters. The van der Waals surface area contributed by atoms with Crippen molar-refractivity contribution in [2.24, 2.45) is 0 Å². The second kappa shape index (κ2) is 7.49. The van der Waals surface area contributed by atoms with Crippen molar-refractivity contribution < 1.29 is 27.9 Å². The highest BCUT2D eigenvalue weighted by molar-refractivity contribution is 5.94. The summed E-state index contributed by atoms with van der Waals surface area (Å²) in [7, 11) is 0. The molecule has 1 heterocycles. The van der Waals surface area contributed by atoms with Gasteiger partial charge in [0.2, 0.25) is 0 Å². The van der Waals surface area contributed by atoms with Crippen LogP contribution >= 0.6 is 0 Å². The molecule has 2 N–H and O–H groups in total. The first-order chi connectivity index (χ1) is 11.8. The Morgan fingerprint density at radius 1 is 1.12 bits per heavy atom. The van der Waals surface area contributed by atoms with Crippen molar-refractivity contribution in [3.05, 3.63) is 65.0 Å². The lowest BCUT2D eigenvalue weighted by atomic mass is 10.1. The maximum absolute atomic E-state index is 12.6. The van der Waals surface area contributed by atoms with E-state index in [-0.39, 0.29) is 23.5 Å². The van der Waals surface area contributed by atoms with Crippen molar-refractivity contribution in [2.45, 2.75) is 6.18 Å². The first-order valence-electron chi connectivity index (χ1n) is 6.92. The van der Waals surface area contributed by atoms with Gasteiger partial charge < -0.3 is 10.4 Å². The summed E-state index contributed by atoms with van der Waals surface area (Å²) in [5, 5.41) is 11.2. The van der Waals surface area contributed by atoms with E-state index in [9.17, 15) is 22.8 Å². The van der Waals surface area contributed by atoms with Crippen LogP contribution in [0.5, 0.6) is 0 Å². The molecule has 0 spiro atoms. The number of carboxylic acid groups (broad SMARTS) is 1. The van der Waals surface area contributed by atoms with Gasteiger partial charge in [0.1, 0.15) is 11.4 Å². The van der Waals surface area contributed by atoms with Gasteiger partial charge in [-0.15, -0.1) is 0 Å². The Hall–Kier alpha value is -3.34. The van der Waals surface area contributed by atoms with Crippen LogP contribution in [0.4, 0.5) is 13.2 Å². The van der Waals surface area contributed by atoms with Gasteiger partial charge in [-0.2, -0.15) is 13.2 Å². The number of aromatic carboxylic acids is 1. The Balaban J connectivity index is 2.00. The van der Waals surface area contributed by atoms with E-state index < -0.39 is 23.6 Å². The molecule has 128 valence electrons. The van der Waals surface area contributed by atoms with Gasteiger partial charge in [0.15, 0.2) is 0 Å². The van der Waals surface area contributed by atoms with Crippen molar-refractivity contribution in [1.82, 2.24) is 10.3 Å². The zero-order chi connectivity index (χ0) is 18.4. The lowest BCUT2D eigenvalue weighted by Crippen LogP contribution is -2.25. The maximum Gasteiger partial charge on any atom is 0.416 e. The summed E-state index contributed by atoms with van der Waals surface area (Å²) in [4.78, 5) is 26.3. The van der Waals surface area contributed by atoms with Crippen LogP contribution in [0, 0.1) is 11.8 Å². The average molecular weight is 348 g/mol. The Morgan fingerprint density at radius 2 is 1.80 bits per heavy atom. The van der Waals surface area contributed by atoms with Crippen LogP contribution < -0.4 is 5.32 Å². The highest BCUT2D eigenvalue weighted by Gasteiger charge is 2.30. The number of carboxylic acids is 1. The number of hydrogen-bond donors (Lipinski definition) is 2. The average Bonchev–Trinajstić information content (AvgIpc) is 2.58. The third kappa shape index (κ3) is 5.07. The standard InChI is InChI=1S/C17H11F3N2O3/c18-17(19,20)12-6-1-4-11(10-12)5-3-9-21-15(23)13-7-2-8-14(22-13)16(24)25/h1-2,4,6-8,10H,9H2,(H,21,23)(H,24,25). The molecule has 2 rings (SSSR count). The SMILES string of the molecule is O=C(O)c1cccc(C(=O)NCC#Cc2cccc(C(F)(F)F)c2)n1. The van der Waals surface area contributed by atoms with E-state index in [0.717, 1.165) is 12.1 Å². The van der Waals surface area contributed by atoms with E-state index in [0.29, 0.717) is 0 Å². The number of rotatable bonds is 3. The molecule has 0 aliphatic heterocycles. The maximum atomic E-state index is 12.6. The molecule has 0 aliphatic rings. The van der Waals surface area contributed by atoms with Crippen LogP contribution in [0.3, 0.4) is 0 Å². The first kappa shape index (κ1) is 18.0. The molecular weight excluding hydrogens is 337 g/mol. The fraction of sp³-hybridized carbons (Fsp3) is 0.118. The summed E-state index contributed by atoms with van der Waals surface area (Å²) in [5.74, 6) is 3.14. The molecule has 0 fully saturated rings. The van der Waals surface area contributed by atoms with Crippen molar-refractivity contribution in [3.63, 3.8) is 0 Å². The minimum Gasteiger partial charge on any atom is -0.477 e. The molecule has 1 amide bonds. The van der Waals surface area contributed by atoms with Crippen molar-refractivity contribution in [1.29, 1.82) is 0 Å². The van der Waals surface area contributed by atoms with Crippen molar-refractivity contribution in [3.8, 4) is 11.8 Å². The smallest absolute Gasteiger partial charge is 0.416 e. The van der Waals surface area contributed by atoms with E-state index in [1.54, 1.807) is 0 Å². The second-order valence-electron chi connectivity index (χ2n) is 4.78. The summed E-state index contributed by atoms with van der Waals surface area (Å²) >= 11 is 0. The lowest BCUT2D eigenvalue weighted by Gasteiger charge is -2.05. The Kier molecular flexibility index (Phi) is 5.39. The third-order valence-electron chi connectivity index (χ3n) is 2.96. The van der Waals surface area contributed by atoms with Crippen molar-refractivity contribution in [2.75, 3.05) is 6.54 Å². The number of carbonyl (C=O) groups is 2. The van der Waals surface area contributed by atoms with Crippen LogP contribution in [0.1, 0.15) is 32.1 Å². The van der Waals surface area contributed by atoms with Gasteiger partial charge in [0, 0.05) is 5.56 Å². The molecule has 2 aromatic rings. The number of nitrogens with one attached hydrogen (secondary N) is 1. The summed E-state index contributed by atoms with van der Waals surface area (Å²) < 4.78 is 37.8. The number of alkyl halides is 3. The first-order valence-corrected chi connectivity index (χ1v) is 6.92. The zero-order valence-electron chi connectivity index (χ0n) is 12.6. The van der Waals surface area contributed by atoms with E-state index in [1.807, 2.05) is 0 Å². The molecule has 1 aromatic carbocycles. The number of benzene rings is 1. The fourth-order valence-electron chi connectivity index (χ4n) is 1.81. The lowest BCUT2D eigenvalue weighted by molar-refractivity contribution is -0.137. The monoisotopic (exact) mass is 348 g/mol. The fourth-order valence-corrected chi connectivity index (χ4v) is 1.81. The van der Waals surface area contributed by atoms with Crippen LogP contribution in [-0.2, 0) is 6.18 Å². The molecule has 25 heavy (non-hydrogen) atoms. The normalized spacial score (nSPS) is 10.5. The number of halogens is 3. The number of pyridine rings is 1. The van der Waals surface area contributed by atoms with E-state index in [2.05, 4.69) is 22.1 Å². The predicted octanol–water partition coefficient (Wildman–Crippen LogP) is 2.58. The molecule has 0 aliphatic carbocycles. The topological polar surface area (TPSA) is 79.3 Å². The quantitative estimate of drug-likeness (QED) is 0.836. The van der Waals surface area contributed by atoms with Crippen LogP contribution in [-0.4, -0.2) is 28.5 Å². The van der Waals surface area contributed by atoms with Crippen molar-refractivity contribution >= 4 is 11.9 Å². The Morgan fingerprint density at radius 3 is 2.48 bits per heavy atom. The van der Waals surface area contributed by atoms with Gasteiger partial charge in [-0.3, -0.25) is 4.79 Å². The molecule has 0 saturated heterocycles. The van der Waals surface area contributed by atoms with Crippen LogP contribution in [0.2, 0.25) is 0 Å². The Bertz CT molecular complexity index is 867. The largest absolute Gasteiger partial charge is 0.477 e. The van der Waals surface area contributed by atoms with Gasteiger partial charge in [0.05, 0.1) is 12.1 Å². The highest BCUT2D eigenvalue weighted by atomic mass is 19.4. The number of carbonyl (C=O) groups excluding carboxylic acids is 1. The van der Waals surface area contributed by atoms with E-state index in [1.165, 1.54) is 30.3 Å². The minimum absolute atomic E-state index is 0.0965. The third-order valence-corrected chi connectivity index (χ3v) is 2.96. The second-order valence-corrected chi connectivity index (χ2v) is 4.78. The van der Waals surface area contributed by atoms with Gasteiger partial charge in [0.25, 0.3) is 5.91 Å². The number of nitrogens with zero attached hydrogens (tertiary/aromatic N) is 1. The number of aromatic nitrogens is 1. The number of hydrogen-bond acceptors (Lipinski definition) is 3. The number of amides is 1. The summed E-state index contributed by atoms with van der Waals surface area (Å²) in [6.45, 7) is -0.131. The van der Waals surface area contributed by atoms with Gasteiger partial charge in [-0.05, 0) is 30.3 Å². The molecule has 1 aromatic heterocycles. The molecule has 0 bridgehead atoms. The zero-order valence-corrected chi connectivity index (χ0v) is 12.6. The van der Waals surface area contributed by atoms with Crippen LogP contribution in [0.25, 0.3) is 0 Å². The summed E-state index contributed by atoms with van der Waals surface area (Å²) in [6.07, 6.45) is -4.45.